The Kier molecular flexibility index (Phi) is 1.52. The molecule has 1 aliphatic rings. The first kappa shape index (κ1) is 7.33. The molecule has 1 fully saturated rings. The fourth-order valence-corrected chi connectivity index (χ4v) is 2.15. The molecule has 0 amide bonds. The van der Waals surface area contributed by atoms with Crippen molar-refractivity contribution in [1.82, 2.24) is 9.97 Å². The van der Waals surface area contributed by atoms with Gasteiger partial charge in [0.1, 0.15) is 5.82 Å². The van der Waals surface area contributed by atoms with Gasteiger partial charge in [-0.25, -0.2) is 4.98 Å². The number of hydrogen-bond donors (Lipinski definition) is 1. The van der Waals surface area contributed by atoms with Crippen LogP contribution in [0.1, 0.15) is 24.6 Å². The molecule has 0 spiro atoms. The molecule has 1 aliphatic carbocycles. The highest BCUT2D eigenvalue weighted by Gasteiger charge is 2.26. The van der Waals surface area contributed by atoms with Crippen molar-refractivity contribution in [1.29, 1.82) is 0 Å². The number of rotatable bonds is 2. The zero-order valence-corrected chi connectivity index (χ0v) is 7.97. The fraction of sp³-hybridized carbons (Fsp3) is 0.300. The molecule has 0 bridgehead atoms. The number of H-pyrrole nitrogens is 1. The lowest BCUT2D eigenvalue weighted by Gasteiger charge is -1.89. The van der Waals surface area contributed by atoms with Crippen molar-refractivity contribution >= 4 is 11.3 Å². The third-order valence-corrected chi connectivity index (χ3v) is 3.25. The van der Waals surface area contributed by atoms with Crippen molar-refractivity contribution in [2.24, 2.45) is 0 Å². The molecule has 2 nitrogen and oxygen atoms in total. The first-order chi connectivity index (χ1) is 6.43. The van der Waals surface area contributed by atoms with Crippen LogP contribution in [-0.4, -0.2) is 9.97 Å². The molecule has 0 aromatic carbocycles. The molecule has 3 heteroatoms. The largest absolute Gasteiger partial charge is 0.341 e. The van der Waals surface area contributed by atoms with Crippen LogP contribution in [0, 0.1) is 0 Å². The lowest BCUT2D eigenvalue weighted by atomic mass is 10.4. The Morgan fingerprint density at radius 3 is 3.08 bits per heavy atom. The van der Waals surface area contributed by atoms with E-state index in [2.05, 4.69) is 27.5 Å². The molecule has 1 N–H and O–H groups in total. The van der Waals surface area contributed by atoms with Crippen molar-refractivity contribution in [3.05, 3.63) is 29.5 Å². The van der Waals surface area contributed by atoms with Crippen LogP contribution in [0.3, 0.4) is 0 Å². The Labute approximate surface area is 80.6 Å². The lowest BCUT2D eigenvalue weighted by Crippen LogP contribution is -1.80. The Balaban J connectivity index is 1.97. The Morgan fingerprint density at radius 1 is 1.46 bits per heavy atom. The molecule has 3 rings (SSSR count). The van der Waals surface area contributed by atoms with Gasteiger partial charge in [0.15, 0.2) is 0 Å². The van der Waals surface area contributed by atoms with Gasteiger partial charge in [0.2, 0.25) is 0 Å². The standard InChI is InChI=1S/C10H10N2S/c1-2-9(13-5-1)8-6-11-10(12-8)7-3-4-7/h1-2,5-7H,3-4H2,(H,11,12). The quantitative estimate of drug-likeness (QED) is 0.774. The van der Waals surface area contributed by atoms with Gasteiger partial charge in [0.05, 0.1) is 16.8 Å². The summed E-state index contributed by atoms with van der Waals surface area (Å²) in [5, 5.41) is 2.09. The summed E-state index contributed by atoms with van der Waals surface area (Å²) in [5.74, 6) is 1.89. The van der Waals surface area contributed by atoms with Crippen LogP contribution in [0.15, 0.2) is 23.7 Å². The molecule has 2 heterocycles. The molecule has 2 aromatic heterocycles. The third kappa shape index (κ3) is 1.29. The number of nitrogens with one attached hydrogen (secondary N) is 1. The minimum absolute atomic E-state index is 0.716. The van der Waals surface area contributed by atoms with E-state index in [0.29, 0.717) is 5.92 Å². The summed E-state index contributed by atoms with van der Waals surface area (Å²) >= 11 is 1.75. The van der Waals surface area contributed by atoms with E-state index in [4.69, 9.17) is 0 Å². The molecular formula is C10H10N2S. The number of hydrogen-bond acceptors (Lipinski definition) is 2. The van der Waals surface area contributed by atoms with Crippen molar-refractivity contribution in [3.8, 4) is 10.6 Å². The molecule has 1 saturated carbocycles. The number of imidazole rings is 1. The average Bonchev–Trinajstić information content (AvgIpc) is 2.72. The first-order valence-corrected chi connectivity index (χ1v) is 5.40. The number of nitrogens with zero attached hydrogens (tertiary/aromatic N) is 1. The van der Waals surface area contributed by atoms with Gasteiger partial charge in [0, 0.05) is 5.92 Å². The summed E-state index contributed by atoms with van der Waals surface area (Å²) in [6.07, 6.45) is 4.55. The van der Waals surface area contributed by atoms with E-state index in [1.54, 1.807) is 11.3 Å². The van der Waals surface area contributed by atoms with Crippen molar-refractivity contribution < 1.29 is 0 Å². The minimum Gasteiger partial charge on any atom is -0.341 e. The monoisotopic (exact) mass is 190 g/mol. The highest BCUT2D eigenvalue weighted by molar-refractivity contribution is 7.13. The van der Waals surface area contributed by atoms with Gasteiger partial charge in [0.25, 0.3) is 0 Å². The molecular weight excluding hydrogens is 180 g/mol. The second kappa shape index (κ2) is 2.70. The summed E-state index contributed by atoms with van der Waals surface area (Å²) < 4.78 is 0. The first-order valence-electron chi connectivity index (χ1n) is 4.52. The maximum absolute atomic E-state index is 4.39. The third-order valence-electron chi connectivity index (χ3n) is 2.35. The molecule has 0 unspecified atom stereocenters. The van der Waals surface area contributed by atoms with Crippen LogP contribution in [0.5, 0.6) is 0 Å². The van der Waals surface area contributed by atoms with Gasteiger partial charge in [-0.1, -0.05) is 6.07 Å². The number of thiophene rings is 1. The Bertz CT molecular complexity index is 398. The maximum atomic E-state index is 4.39. The summed E-state index contributed by atoms with van der Waals surface area (Å²) in [7, 11) is 0. The molecule has 0 saturated heterocycles. The van der Waals surface area contributed by atoms with Crippen molar-refractivity contribution in [2.45, 2.75) is 18.8 Å². The van der Waals surface area contributed by atoms with Crippen LogP contribution in [-0.2, 0) is 0 Å². The van der Waals surface area contributed by atoms with Crippen LogP contribution in [0.25, 0.3) is 10.6 Å². The van der Waals surface area contributed by atoms with Gasteiger partial charge in [-0.3, -0.25) is 0 Å². The normalized spacial score (nSPS) is 16.3. The van der Waals surface area contributed by atoms with E-state index in [1.165, 1.54) is 23.5 Å². The van der Waals surface area contributed by atoms with E-state index >= 15 is 0 Å². The summed E-state index contributed by atoms with van der Waals surface area (Å²) in [4.78, 5) is 9.04. The summed E-state index contributed by atoms with van der Waals surface area (Å²) in [6.45, 7) is 0. The van der Waals surface area contributed by atoms with Crippen LogP contribution in [0.4, 0.5) is 0 Å². The van der Waals surface area contributed by atoms with E-state index in [0.717, 1.165) is 5.69 Å². The predicted octanol–water partition coefficient (Wildman–Crippen LogP) is 3.02. The van der Waals surface area contributed by atoms with E-state index in [-0.39, 0.29) is 0 Å². The second-order valence-electron chi connectivity index (χ2n) is 3.43. The maximum Gasteiger partial charge on any atom is 0.109 e. The molecule has 0 aliphatic heterocycles. The highest BCUT2D eigenvalue weighted by Crippen LogP contribution is 2.39. The van der Waals surface area contributed by atoms with Gasteiger partial charge < -0.3 is 4.98 Å². The summed E-state index contributed by atoms with van der Waals surface area (Å²) in [5.41, 5.74) is 1.16. The SMILES string of the molecule is c1csc(-c2cnc(C3CC3)[nH]2)c1. The van der Waals surface area contributed by atoms with E-state index in [1.807, 2.05) is 6.20 Å². The fourth-order valence-electron chi connectivity index (χ4n) is 1.46. The van der Waals surface area contributed by atoms with Crippen LogP contribution >= 0.6 is 11.3 Å². The Morgan fingerprint density at radius 2 is 2.38 bits per heavy atom. The zero-order valence-electron chi connectivity index (χ0n) is 7.16. The van der Waals surface area contributed by atoms with E-state index in [9.17, 15) is 0 Å². The van der Waals surface area contributed by atoms with Gasteiger partial charge in [-0.05, 0) is 24.3 Å². The summed E-state index contributed by atoms with van der Waals surface area (Å²) in [6, 6.07) is 4.19. The van der Waals surface area contributed by atoms with Crippen molar-refractivity contribution in [2.75, 3.05) is 0 Å². The predicted molar refractivity (Wildman–Crippen MR) is 53.9 cm³/mol. The minimum atomic E-state index is 0.716. The molecule has 0 radical (unpaired) electrons. The van der Waals surface area contributed by atoms with Gasteiger partial charge in [-0.15, -0.1) is 11.3 Å². The van der Waals surface area contributed by atoms with Gasteiger partial charge in [-0.2, -0.15) is 0 Å². The van der Waals surface area contributed by atoms with Gasteiger partial charge >= 0.3 is 0 Å². The van der Waals surface area contributed by atoms with Crippen LogP contribution in [0.2, 0.25) is 0 Å². The molecule has 13 heavy (non-hydrogen) atoms. The molecule has 66 valence electrons. The van der Waals surface area contributed by atoms with E-state index < -0.39 is 0 Å². The Hall–Kier alpha value is -1.09. The average molecular weight is 190 g/mol. The topological polar surface area (TPSA) is 28.7 Å². The molecule has 0 atom stereocenters. The second-order valence-corrected chi connectivity index (χ2v) is 4.38. The van der Waals surface area contributed by atoms with Crippen molar-refractivity contribution in [3.63, 3.8) is 0 Å². The number of aromatic nitrogens is 2. The van der Waals surface area contributed by atoms with Crippen LogP contribution < -0.4 is 0 Å². The zero-order chi connectivity index (χ0) is 8.67. The number of aromatic amines is 1. The smallest absolute Gasteiger partial charge is 0.109 e. The lowest BCUT2D eigenvalue weighted by molar-refractivity contribution is 0.977. The highest BCUT2D eigenvalue weighted by atomic mass is 32.1. The molecule has 2 aromatic rings.